The predicted molar refractivity (Wildman–Crippen MR) is 92.8 cm³/mol. The Labute approximate surface area is 140 Å². The van der Waals surface area contributed by atoms with E-state index in [-0.39, 0.29) is 17.3 Å². The van der Waals surface area contributed by atoms with Crippen molar-refractivity contribution in [3.8, 4) is 0 Å². The molecule has 2 rings (SSSR count). The number of amides is 1. The van der Waals surface area contributed by atoms with Crippen LogP contribution in [0.1, 0.15) is 26.3 Å². The highest BCUT2D eigenvalue weighted by Crippen LogP contribution is 2.19. The Morgan fingerprint density at radius 1 is 1.35 bits per heavy atom. The van der Waals surface area contributed by atoms with Crippen molar-refractivity contribution in [1.82, 2.24) is 15.3 Å². The average Bonchev–Trinajstić information content (AvgIpc) is 2.41. The van der Waals surface area contributed by atoms with E-state index >= 15 is 0 Å². The number of aromatic nitrogens is 2. The number of nitrogens with zero attached hydrogens (tertiary/aromatic N) is 2. The number of benzene rings is 1. The molecule has 122 valence electrons. The van der Waals surface area contributed by atoms with E-state index in [2.05, 4.69) is 20.6 Å². The molecule has 4 N–H and O–H groups in total. The maximum Gasteiger partial charge on any atom is 0.229 e. The van der Waals surface area contributed by atoms with E-state index in [1.165, 1.54) is 6.20 Å². The number of carbonyl (C=O) groups excluding carboxylic acids is 1. The molecule has 0 saturated carbocycles. The van der Waals surface area contributed by atoms with Crippen molar-refractivity contribution in [2.75, 3.05) is 11.1 Å². The highest BCUT2D eigenvalue weighted by atomic mass is 35.5. The van der Waals surface area contributed by atoms with Crippen LogP contribution in [0.25, 0.3) is 0 Å². The van der Waals surface area contributed by atoms with Crippen molar-refractivity contribution in [2.45, 2.75) is 32.7 Å². The molecule has 1 aromatic carbocycles. The molecule has 0 spiro atoms. The molecule has 0 aliphatic heterocycles. The second-order valence-corrected chi connectivity index (χ2v) is 6.63. The SMILES string of the molecule is CC(C)(C)NC(=O)Cc1cccc(Nc2ncc(Cl)c(N)n2)c1. The highest BCUT2D eigenvalue weighted by molar-refractivity contribution is 6.32. The number of nitrogen functional groups attached to an aromatic ring is 1. The van der Waals surface area contributed by atoms with Crippen LogP contribution in [0.4, 0.5) is 17.5 Å². The van der Waals surface area contributed by atoms with Gasteiger partial charge in [0.05, 0.1) is 12.6 Å². The van der Waals surface area contributed by atoms with Crippen LogP contribution in [0, 0.1) is 0 Å². The molecule has 7 heteroatoms. The van der Waals surface area contributed by atoms with Gasteiger partial charge >= 0.3 is 0 Å². The van der Waals surface area contributed by atoms with Gasteiger partial charge in [0.15, 0.2) is 0 Å². The standard InChI is InChI=1S/C16H20ClN5O/c1-16(2,3)22-13(23)8-10-5-4-6-11(7-10)20-15-19-9-12(17)14(18)21-15/h4-7,9H,8H2,1-3H3,(H,22,23)(H3,18,19,20,21). The Bertz CT molecular complexity index is 712. The number of hydrogen-bond donors (Lipinski definition) is 3. The van der Waals surface area contributed by atoms with E-state index in [1.54, 1.807) is 0 Å². The Morgan fingerprint density at radius 2 is 2.09 bits per heavy atom. The molecule has 0 aliphatic carbocycles. The van der Waals surface area contributed by atoms with Crippen LogP contribution in [0.15, 0.2) is 30.5 Å². The van der Waals surface area contributed by atoms with Gasteiger partial charge in [0.2, 0.25) is 11.9 Å². The van der Waals surface area contributed by atoms with Crippen LogP contribution in [0.2, 0.25) is 5.02 Å². The molecular formula is C16H20ClN5O. The van der Waals surface area contributed by atoms with E-state index in [9.17, 15) is 4.79 Å². The van der Waals surface area contributed by atoms with Gasteiger partial charge in [-0.2, -0.15) is 4.98 Å². The van der Waals surface area contributed by atoms with Gasteiger partial charge in [0.1, 0.15) is 10.8 Å². The number of nitrogens with one attached hydrogen (secondary N) is 2. The minimum atomic E-state index is -0.248. The largest absolute Gasteiger partial charge is 0.382 e. The number of halogens is 1. The second-order valence-electron chi connectivity index (χ2n) is 6.23. The lowest BCUT2D eigenvalue weighted by Gasteiger charge is -2.20. The summed E-state index contributed by atoms with van der Waals surface area (Å²) in [5.74, 6) is 0.537. The monoisotopic (exact) mass is 333 g/mol. The maximum absolute atomic E-state index is 12.0. The minimum absolute atomic E-state index is 0.0263. The second kappa shape index (κ2) is 6.83. The topological polar surface area (TPSA) is 92.9 Å². The van der Waals surface area contributed by atoms with E-state index < -0.39 is 0 Å². The lowest BCUT2D eigenvalue weighted by atomic mass is 10.1. The smallest absolute Gasteiger partial charge is 0.229 e. The van der Waals surface area contributed by atoms with Gasteiger partial charge in [-0.1, -0.05) is 23.7 Å². The first-order valence-corrected chi connectivity index (χ1v) is 7.56. The molecular weight excluding hydrogens is 314 g/mol. The molecule has 0 atom stereocenters. The molecule has 0 fully saturated rings. The third-order valence-corrected chi connectivity index (χ3v) is 3.12. The predicted octanol–water partition coefficient (Wildman–Crippen LogP) is 2.91. The molecule has 0 bridgehead atoms. The van der Waals surface area contributed by atoms with Crippen molar-refractivity contribution < 1.29 is 4.79 Å². The normalized spacial score (nSPS) is 11.1. The Hall–Kier alpha value is -2.34. The fraction of sp³-hybridized carbons (Fsp3) is 0.312. The number of carbonyl (C=O) groups is 1. The minimum Gasteiger partial charge on any atom is -0.382 e. The van der Waals surface area contributed by atoms with Crippen molar-refractivity contribution >= 4 is 35.0 Å². The Kier molecular flexibility index (Phi) is 5.05. The van der Waals surface area contributed by atoms with Gasteiger partial charge in [-0.3, -0.25) is 4.79 Å². The molecule has 0 radical (unpaired) electrons. The Morgan fingerprint density at radius 3 is 2.74 bits per heavy atom. The van der Waals surface area contributed by atoms with Crippen LogP contribution in [0.3, 0.4) is 0 Å². The lowest BCUT2D eigenvalue weighted by Crippen LogP contribution is -2.41. The third kappa shape index (κ3) is 5.41. The van der Waals surface area contributed by atoms with Crippen molar-refractivity contribution in [3.05, 3.63) is 41.0 Å². The number of rotatable bonds is 4. The quantitative estimate of drug-likeness (QED) is 0.800. The summed E-state index contributed by atoms with van der Waals surface area (Å²) in [6, 6.07) is 7.49. The van der Waals surface area contributed by atoms with Crippen LogP contribution < -0.4 is 16.4 Å². The number of anilines is 3. The van der Waals surface area contributed by atoms with E-state index in [1.807, 2.05) is 45.0 Å². The zero-order valence-corrected chi connectivity index (χ0v) is 14.1. The van der Waals surface area contributed by atoms with Gasteiger partial charge in [-0.15, -0.1) is 0 Å². The summed E-state index contributed by atoms with van der Waals surface area (Å²) in [5.41, 5.74) is 7.06. The summed E-state index contributed by atoms with van der Waals surface area (Å²) in [6.07, 6.45) is 1.74. The van der Waals surface area contributed by atoms with E-state index in [4.69, 9.17) is 17.3 Å². The number of hydrogen-bond acceptors (Lipinski definition) is 5. The van der Waals surface area contributed by atoms with Crippen molar-refractivity contribution in [2.24, 2.45) is 0 Å². The Balaban J connectivity index is 2.07. The summed E-state index contributed by atoms with van der Waals surface area (Å²) >= 11 is 5.80. The van der Waals surface area contributed by atoms with Gasteiger partial charge in [0.25, 0.3) is 0 Å². The van der Waals surface area contributed by atoms with Crippen molar-refractivity contribution in [3.63, 3.8) is 0 Å². The molecule has 0 aliphatic rings. The molecule has 6 nitrogen and oxygen atoms in total. The first-order chi connectivity index (χ1) is 10.7. The van der Waals surface area contributed by atoms with E-state index in [0.717, 1.165) is 11.3 Å². The zero-order chi connectivity index (χ0) is 17.0. The summed E-state index contributed by atoms with van der Waals surface area (Å²) in [5, 5.41) is 6.28. The lowest BCUT2D eigenvalue weighted by molar-refractivity contribution is -0.121. The first-order valence-electron chi connectivity index (χ1n) is 7.18. The molecule has 1 heterocycles. The summed E-state index contributed by atoms with van der Waals surface area (Å²) < 4.78 is 0. The van der Waals surface area contributed by atoms with Crippen LogP contribution in [-0.2, 0) is 11.2 Å². The van der Waals surface area contributed by atoms with Gasteiger partial charge in [0, 0.05) is 11.2 Å². The van der Waals surface area contributed by atoms with Crippen LogP contribution in [-0.4, -0.2) is 21.4 Å². The first kappa shape index (κ1) is 17.0. The van der Waals surface area contributed by atoms with Crippen LogP contribution in [0.5, 0.6) is 0 Å². The molecule has 0 unspecified atom stereocenters. The van der Waals surface area contributed by atoms with Gasteiger partial charge in [-0.05, 0) is 38.5 Å². The average molecular weight is 334 g/mol. The van der Waals surface area contributed by atoms with Gasteiger partial charge in [-0.25, -0.2) is 4.98 Å². The molecule has 23 heavy (non-hydrogen) atoms. The maximum atomic E-state index is 12.0. The van der Waals surface area contributed by atoms with Gasteiger partial charge < -0.3 is 16.4 Å². The zero-order valence-electron chi connectivity index (χ0n) is 13.4. The third-order valence-electron chi connectivity index (χ3n) is 2.83. The molecule has 0 saturated heterocycles. The number of nitrogens with two attached hydrogens (primary N) is 1. The molecule has 1 amide bonds. The summed E-state index contributed by atoms with van der Waals surface area (Å²) in [4.78, 5) is 20.1. The van der Waals surface area contributed by atoms with Crippen molar-refractivity contribution in [1.29, 1.82) is 0 Å². The van der Waals surface area contributed by atoms with Crippen LogP contribution >= 0.6 is 11.6 Å². The van der Waals surface area contributed by atoms with E-state index in [0.29, 0.717) is 17.4 Å². The summed E-state index contributed by atoms with van der Waals surface area (Å²) in [6.45, 7) is 5.85. The highest BCUT2D eigenvalue weighted by Gasteiger charge is 2.14. The summed E-state index contributed by atoms with van der Waals surface area (Å²) in [7, 11) is 0. The molecule has 2 aromatic rings. The fourth-order valence-corrected chi connectivity index (χ4v) is 2.07. The fourth-order valence-electron chi connectivity index (χ4n) is 1.98. The molecule has 1 aromatic heterocycles.